The number of hydrogen-bond acceptors (Lipinski definition) is 8. The Morgan fingerprint density at radius 3 is 2.04 bits per heavy atom. The van der Waals surface area contributed by atoms with Crippen LogP contribution < -0.4 is 9.64 Å². The van der Waals surface area contributed by atoms with Gasteiger partial charge >= 0.3 is 30.8 Å². The summed E-state index contributed by atoms with van der Waals surface area (Å²) in [6, 6.07) is 6.33. The maximum absolute atomic E-state index is 16.1. The highest BCUT2D eigenvalue weighted by Gasteiger charge is 2.55. The monoisotopic (exact) mass is 674 g/mol. The Morgan fingerprint density at radius 2 is 1.46 bits per heavy atom. The SMILES string of the molecule is CC1=CC(C)=[N+]2C1=C(c1ccc(N(CC(=O)O)CC(=O)O)c(OCCOCCN(CC(=O)O)CC(=O)O)c1)c1c(C)cc(C)n1[B-]2(F)F. The summed E-state index contributed by atoms with van der Waals surface area (Å²) in [5, 5.41) is 37.1. The van der Waals surface area contributed by atoms with E-state index in [0.717, 1.165) is 13.9 Å². The summed E-state index contributed by atoms with van der Waals surface area (Å²) in [4.78, 5) is 47.7. The van der Waals surface area contributed by atoms with Crippen molar-refractivity contribution in [1.29, 1.82) is 0 Å². The zero-order valence-corrected chi connectivity index (χ0v) is 26.9. The van der Waals surface area contributed by atoms with Crippen LogP contribution >= 0.6 is 0 Å². The fourth-order valence-corrected chi connectivity index (χ4v) is 6.27. The number of benzene rings is 1. The molecule has 0 saturated carbocycles. The van der Waals surface area contributed by atoms with E-state index in [-0.39, 0.29) is 37.8 Å². The van der Waals surface area contributed by atoms with Crippen LogP contribution in [0.25, 0.3) is 5.57 Å². The third-order valence-electron chi connectivity index (χ3n) is 7.93. The van der Waals surface area contributed by atoms with Gasteiger partial charge in [-0.3, -0.25) is 24.1 Å². The fraction of sp³-hybridized carbons (Fsp3) is 0.387. The number of carboxylic acids is 4. The van der Waals surface area contributed by atoms with E-state index in [4.69, 9.17) is 19.7 Å². The number of carboxylic acid groups (broad SMARTS) is 4. The van der Waals surface area contributed by atoms with Crippen molar-refractivity contribution in [3.05, 3.63) is 64.1 Å². The molecule has 0 amide bonds. The fourth-order valence-electron chi connectivity index (χ4n) is 6.27. The maximum Gasteiger partial charge on any atom is 0.737 e. The Kier molecular flexibility index (Phi) is 10.7. The van der Waals surface area contributed by atoms with Crippen molar-refractivity contribution >= 4 is 47.8 Å². The van der Waals surface area contributed by atoms with Gasteiger partial charge in [0.2, 0.25) is 0 Å². The zero-order chi connectivity index (χ0) is 35.5. The molecule has 17 heteroatoms. The van der Waals surface area contributed by atoms with Crippen molar-refractivity contribution in [1.82, 2.24) is 9.38 Å². The Morgan fingerprint density at radius 1 is 0.854 bits per heavy atom. The molecule has 258 valence electrons. The molecule has 4 rings (SSSR count). The average molecular weight is 674 g/mol. The van der Waals surface area contributed by atoms with Crippen molar-refractivity contribution in [2.45, 2.75) is 27.7 Å². The Balaban J connectivity index is 1.72. The summed E-state index contributed by atoms with van der Waals surface area (Å²) in [5.74, 6) is -4.90. The number of rotatable bonds is 17. The summed E-state index contributed by atoms with van der Waals surface area (Å²) in [7, 11) is 0. The van der Waals surface area contributed by atoms with Crippen LogP contribution in [0.5, 0.6) is 5.75 Å². The predicted molar refractivity (Wildman–Crippen MR) is 170 cm³/mol. The smallest absolute Gasteiger partial charge is 0.489 e. The first-order valence-electron chi connectivity index (χ1n) is 15.0. The molecule has 0 fully saturated rings. The molecule has 0 saturated heterocycles. The summed E-state index contributed by atoms with van der Waals surface area (Å²) in [5.41, 5.74) is 3.69. The Hall–Kier alpha value is -5.03. The standard InChI is InChI=1S/C31H37BF2N4O10/c1-18-11-20(3)37-30(18)29(31-19(2)12-21(4)38(31)32(37,33)34)22-5-6-23(36(16-27(43)44)17-28(45)46)24(13-22)48-10-9-47-8-7-35(14-25(39)40)15-26(41)42/h5-6,11-13H,7-10,14-17H2,1-4H3,(H,39,40)(H,41,42)(H,43,44)(H,45,46). The van der Waals surface area contributed by atoms with Gasteiger partial charge in [0.1, 0.15) is 31.2 Å². The number of aryl methyl sites for hydroxylation is 2. The van der Waals surface area contributed by atoms with Crippen LogP contribution in [0.4, 0.5) is 14.3 Å². The quantitative estimate of drug-likeness (QED) is 0.142. The molecule has 1 aromatic heterocycles. The highest BCUT2D eigenvalue weighted by molar-refractivity contribution is 6.58. The number of ether oxygens (including phenoxy) is 2. The lowest BCUT2D eigenvalue weighted by molar-refractivity contribution is -0.363. The van der Waals surface area contributed by atoms with Crippen molar-refractivity contribution in [2.75, 3.05) is 57.4 Å². The molecule has 0 radical (unpaired) electrons. The second-order valence-electron chi connectivity index (χ2n) is 11.6. The number of halogens is 2. The minimum atomic E-state index is -4.23. The number of carbonyl (C=O) groups is 4. The van der Waals surface area contributed by atoms with Gasteiger partial charge in [-0.15, -0.1) is 0 Å². The number of hydrogen-bond donors (Lipinski definition) is 4. The minimum absolute atomic E-state index is 0.00557. The number of nitrogens with zero attached hydrogens (tertiary/aromatic N) is 4. The molecular weight excluding hydrogens is 637 g/mol. The molecule has 14 nitrogen and oxygen atoms in total. The average Bonchev–Trinajstić information content (AvgIpc) is 3.43. The number of aliphatic carboxylic acids is 4. The first-order chi connectivity index (χ1) is 22.5. The predicted octanol–water partition coefficient (Wildman–Crippen LogP) is 2.38. The van der Waals surface area contributed by atoms with E-state index in [2.05, 4.69) is 0 Å². The van der Waals surface area contributed by atoms with Gasteiger partial charge in [0, 0.05) is 30.8 Å². The van der Waals surface area contributed by atoms with Crippen LogP contribution in [0.2, 0.25) is 0 Å². The largest absolute Gasteiger partial charge is 0.737 e. The first-order valence-corrected chi connectivity index (χ1v) is 15.0. The number of aromatic nitrogens is 1. The van der Waals surface area contributed by atoms with Crippen molar-refractivity contribution < 1.29 is 62.2 Å². The molecule has 3 heterocycles. The van der Waals surface area contributed by atoms with E-state index in [1.54, 1.807) is 52.0 Å². The molecule has 4 N–H and O–H groups in total. The molecule has 2 aliphatic rings. The first kappa shape index (κ1) is 35.8. The van der Waals surface area contributed by atoms with Gasteiger partial charge in [-0.25, -0.2) is 0 Å². The topological polar surface area (TPSA) is 182 Å². The molecule has 2 aromatic rings. The van der Waals surface area contributed by atoms with E-state index in [1.165, 1.54) is 11.0 Å². The van der Waals surface area contributed by atoms with E-state index in [9.17, 15) is 29.4 Å². The van der Waals surface area contributed by atoms with Crippen LogP contribution in [-0.4, -0.2) is 123 Å². The second kappa shape index (κ2) is 14.4. The van der Waals surface area contributed by atoms with Crippen LogP contribution in [0, 0.1) is 13.8 Å². The van der Waals surface area contributed by atoms with Gasteiger partial charge in [0.15, 0.2) is 5.70 Å². The maximum atomic E-state index is 16.1. The van der Waals surface area contributed by atoms with Gasteiger partial charge in [-0.2, -0.15) is 0 Å². The molecule has 0 spiro atoms. The van der Waals surface area contributed by atoms with E-state index < -0.39 is 57.0 Å². The number of allylic oxidation sites excluding steroid dienone is 2. The lowest BCUT2D eigenvalue weighted by atomic mass is 9.83. The molecule has 48 heavy (non-hydrogen) atoms. The third-order valence-corrected chi connectivity index (χ3v) is 7.93. The molecule has 0 bridgehead atoms. The molecule has 0 atom stereocenters. The van der Waals surface area contributed by atoms with E-state index in [0.29, 0.717) is 45.1 Å². The summed E-state index contributed by atoms with van der Waals surface area (Å²) < 4.78 is 45.8. The minimum Gasteiger partial charge on any atom is -0.489 e. The normalized spacial score (nSPS) is 14.9. The lowest BCUT2D eigenvalue weighted by Crippen LogP contribution is -2.51. The molecule has 1 aromatic carbocycles. The zero-order valence-electron chi connectivity index (χ0n) is 26.9. The van der Waals surface area contributed by atoms with Crippen LogP contribution in [0.15, 0.2) is 41.6 Å². The number of fused-ring (bicyclic) bond motifs is 2. The summed E-state index contributed by atoms with van der Waals surface area (Å²) in [6.45, 7) is -0.0732. The third kappa shape index (κ3) is 7.57. The van der Waals surface area contributed by atoms with Crippen molar-refractivity contribution in [3.63, 3.8) is 0 Å². The van der Waals surface area contributed by atoms with Gasteiger partial charge in [0.05, 0.1) is 37.6 Å². The molecule has 0 aliphatic carbocycles. The molecular formula is C31H37BF2N4O10. The highest BCUT2D eigenvalue weighted by Crippen LogP contribution is 2.45. The van der Waals surface area contributed by atoms with Gasteiger partial charge < -0.3 is 52.4 Å². The van der Waals surface area contributed by atoms with Gasteiger partial charge in [0.25, 0.3) is 0 Å². The Labute approximate surface area is 274 Å². The second-order valence-corrected chi connectivity index (χ2v) is 11.6. The van der Waals surface area contributed by atoms with Crippen molar-refractivity contribution in [2.24, 2.45) is 0 Å². The number of anilines is 1. The molecule has 0 unspecified atom stereocenters. The summed E-state index contributed by atoms with van der Waals surface area (Å²) >= 11 is 0. The van der Waals surface area contributed by atoms with Crippen LogP contribution in [-0.2, 0) is 23.9 Å². The Bertz CT molecular complexity index is 1720. The molecule has 2 aliphatic heterocycles. The van der Waals surface area contributed by atoms with Gasteiger partial charge in [-0.1, -0.05) is 6.07 Å². The van der Waals surface area contributed by atoms with E-state index in [1.807, 2.05) is 0 Å². The van der Waals surface area contributed by atoms with Crippen LogP contribution in [0.3, 0.4) is 0 Å². The highest BCUT2D eigenvalue weighted by atomic mass is 19.2. The van der Waals surface area contributed by atoms with Gasteiger partial charge in [-0.05, 0) is 55.8 Å². The summed E-state index contributed by atoms with van der Waals surface area (Å²) in [6.07, 6.45) is 1.68. The van der Waals surface area contributed by atoms with Crippen molar-refractivity contribution in [3.8, 4) is 5.75 Å². The lowest BCUT2D eigenvalue weighted by Gasteiger charge is -2.34. The van der Waals surface area contributed by atoms with Crippen LogP contribution in [0.1, 0.15) is 36.4 Å². The van der Waals surface area contributed by atoms with E-state index >= 15 is 8.63 Å².